The summed E-state index contributed by atoms with van der Waals surface area (Å²) in [5.41, 5.74) is 10.9. The Morgan fingerprint density at radius 1 is 0.202 bits per heavy atom. The number of para-hydroxylation sites is 3. The Bertz CT molecular complexity index is 5630. The zero-order chi connectivity index (χ0) is 55.2. The number of furan rings is 2. The Kier molecular flexibility index (Phi) is 10.7. The number of rotatable bonds is 5. The molecule has 0 aliphatic carbocycles. The monoisotopic (exact) mass is 1070 g/mol. The van der Waals surface area contributed by atoms with Crippen LogP contribution < -0.4 is 0 Å². The molecular formula is C75H43N7O2. The van der Waals surface area contributed by atoms with Crippen molar-refractivity contribution in [1.29, 1.82) is 0 Å². The molecule has 9 nitrogen and oxygen atoms in total. The summed E-state index contributed by atoms with van der Waals surface area (Å²) in [7, 11) is 0. The Balaban J connectivity index is 0.000000132. The van der Waals surface area contributed by atoms with E-state index >= 15 is 0 Å². The third kappa shape index (κ3) is 7.46. The number of hydrogen-bond acceptors (Lipinski definition) is 9. The molecule has 0 amide bonds. The van der Waals surface area contributed by atoms with Crippen LogP contribution in [0, 0.1) is 0 Å². The summed E-state index contributed by atoms with van der Waals surface area (Å²) in [5, 5.41) is 16.2. The Labute approximate surface area is 478 Å². The predicted molar refractivity (Wildman–Crippen MR) is 342 cm³/mol. The summed E-state index contributed by atoms with van der Waals surface area (Å²) in [5.74, 6) is 2.31. The van der Waals surface area contributed by atoms with Crippen LogP contribution in [0.25, 0.3) is 177 Å². The van der Waals surface area contributed by atoms with Crippen molar-refractivity contribution >= 4 is 120 Å². The molecule has 0 aliphatic heterocycles. The highest BCUT2D eigenvalue weighted by molar-refractivity contribution is 6.36. The Morgan fingerprint density at radius 2 is 0.524 bits per heavy atom. The van der Waals surface area contributed by atoms with Crippen LogP contribution in [0.1, 0.15) is 0 Å². The topological polar surface area (TPSA) is 117 Å². The lowest BCUT2D eigenvalue weighted by Gasteiger charge is -2.14. The molecular weight excluding hydrogens is 1030 g/mol. The summed E-state index contributed by atoms with van der Waals surface area (Å²) in [6.07, 6.45) is 0. The van der Waals surface area contributed by atoms with Crippen LogP contribution in [0.2, 0.25) is 0 Å². The van der Waals surface area contributed by atoms with Gasteiger partial charge in [0.1, 0.15) is 33.6 Å². The van der Waals surface area contributed by atoms with Crippen molar-refractivity contribution in [3.8, 4) is 57.1 Å². The molecule has 0 saturated heterocycles. The first-order chi connectivity index (χ1) is 41.7. The molecule has 0 fully saturated rings. The van der Waals surface area contributed by atoms with Crippen molar-refractivity contribution in [2.45, 2.75) is 0 Å². The molecule has 0 N–H and O–H groups in total. The number of fused-ring (bicyclic) bond motifs is 21. The molecule has 9 heteroatoms. The van der Waals surface area contributed by atoms with E-state index < -0.39 is 0 Å². The zero-order valence-electron chi connectivity index (χ0n) is 44.8. The van der Waals surface area contributed by atoms with E-state index in [4.69, 9.17) is 43.7 Å². The quantitative estimate of drug-likeness (QED) is 0.155. The molecule has 84 heavy (non-hydrogen) atoms. The summed E-state index contributed by atoms with van der Waals surface area (Å²) < 4.78 is 13.2. The first kappa shape index (κ1) is 47.3. The Morgan fingerprint density at radius 3 is 0.976 bits per heavy atom. The van der Waals surface area contributed by atoms with Crippen LogP contribution in [0.4, 0.5) is 0 Å². The third-order valence-electron chi connectivity index (χ3n) is 16.1. The van der Waals surface area contributed by atoms with Gasteiger partial charge in [-0.3, -0.25) is 0 Å². The maximum Gasteiger partial charge on any atom is 0.183 e. The van der Waals surface area contributed by atoms with Crippen molar-refractivity contribution < 1.29 is 8.83 Å². The molecule has 0 aliphatic rings. The molecule has 12 aromatic carbocycles. The fourth-order valence-corrected chi connectivity index (χ4v) is 12.5. The van der Waals surface area contributed by atoms with Gasteiger partial charge in [0.15, 0.2) is 34.5 Å². The van der Waals surface area contributed by atoms with Crippen LogP contribution in [0.5, 0.6) is 0 Å². The van der Waals surface area contributed by atoms with Crippen LogP contribution in [-0.2, 0) is 0 Å². The minimum absolute atomic E-state index is 0.517. The van der Waals surface area contributed by atoms with E-state index in [1.54, 1.807) is 0 Å². The number of benzene rings is 12. The fraction of sp³-hybridized carbons (Fsp3) is 0. The number of aromatic nitrogens is 7. The fourth-order valence-electron chi connectivity index (χ4n) is 12.5. The summed E-state index contributed by atoms with van der Waals surface area (Å²) >= 11 is 0. The van der Waals surface area contributed by atoms with Gasteiger partial charge in [-0.25, -0.2) is 34.9 Å². The van der Waals surface area contributed by atoms with Crippen molar-refractivity contribution in [2.75, 3.05) is 0 Å². The van der Waals surface area contributed by atoms with E-state index in [-0.39, 0.29) is 0 Å². The molecule has 0 unspecified atom stereocenters. The highest BCUT2D eigenvalue weighted by Crippen LogP contribution is 2.46. The third-order valence-corrected chi connectivity index (χ3v) is 16.1. The molecule has 18 aromatic rings. The van der Waals surface area contributed by atoms with Gasteiger partial charge in [-0.05, 0) is 50.5 Å². The average Bonchev–Trinajstić information content (AvgIpc) is 1.69. The van der Waals surface area contributed by atoms with Crippen LogP contribution in [0.3, 0.4) is 0 Å². The van der Waals surface area contributed by atoms with E-state index in [0.29, 0.717) is 29.0 Å². The lowest BCUT2D eigenvalue weighted by atomic mass is 9.95. The van der Waals surface area contributed by atoms with Crippen LogP contribution in [-0.4, -0.2) is 34.9 Å². The summed E-state index contributed by atoms with van der Waals surface area (Å²) in [4.78, 5) is 35.9. The molecule has 0 saturated carbocycles. The van der Waals surface area contributed by atoms with Gasteiger partial charge in [-0.15, -0.1) is 0 Å². The molecule has 6 aromatic heterocycles. The van der Waals surface area contributed by atoms with Gasteiger partial charge in [0.2, 0.25) is 0 Å². The van der Waals surface area contributed by atoms with Crippen molar-refractivity contribution in [3.63, 3.8) is 0 Å². The highest BCUT2D eigenvalue weighted by Gasteiger charge is 2.25. The summed E-state index contributed by atoms with van der Waals surface area (Å²) in [6, 6.07) is 88.8. The molecule has 6 heterocycles. The second-order valence-corrected chi connectivity index (χ2v) is 21.0. The van der Waals surface area contributed by atoms with E-state index in [0.717, 1.165) is 148 Å². The number of hydrogen-bond donors (Lipinski definition) is 0. The smallest absolute Gasteiger partial charge is 0.183 e. The predicted octanol–water partition coefficient (Wildman–Crippen LogP) is 19.3. The summed E-state index contributed by atoms with van der Waals surface area (Å²) in [6.45, 7) is 0. The van der Waals surface area contributed by atoms with Gasteiger partial charge in [0.05, 0.1) is 11.2 Å². The van der Waals surface area contributed by atoms with E-state index in [1.165, 1.54) is 0 Å². The van der Waals surface area contributed by atoms with Gasteiger partial charge in [-0.2, -0.15) is 0 Å². The minimum Gasteiger partial charge on any atom is -0.454 e. The van der Waals surface area contributed by atoms with E-state index in [2.05, 4.69) is 133 Å². The molecule has 0 atom stereocenters. The van der Waals surface area contributed by atoms with Crippen molar-refractivity contribution in [3.05, 3.63) is 261 Å². The maximum atomic E-state index is 6.58. The molecule has 390 valence electrons. The van der Waals surface area contributed by atoms with E-state index in [1.807, 2.05) is 127 Å². The standard InChI is InChI=1S/C38H22N4O.C37H21N3O/c1-3-13-23(14-4-1)36-40-37(24-15-5-2-6-16-24)42-38(41-36)33-28-20-10-9-19-27(28)31-25-17-7-8-18-26(25)32-29-21-11-12-22-30(29)43-35(32)34(31)39-33;1-2-12-22(13-3-1)33-27-18-8-10-20-29(27)38-37(40-33)34-26-17-7-6-16-25(26)31-23-14-4-5-15-24(23)32-28-19-9-11-21-30(28)41-36(32)35(31)39-34/h1-22H;1-21H. The van der Waals surface area contributed by atoms with Gasteiger partial charge in [0.25, 0.3) is 0 Å². The van der Waals surface area contributed by atoms with Crippen LogP contribution >= 0.6 is 0 Å². The largest absolute Gasteiger partial charge is 0.454 e. The average molecular weight is 1070 g/mol. The first-order valence-corrected chi connectivity index (χ1v) is 28.0. The zero-order valence-corrected chi connectivity index (χ0v) is 44.8. The highest BCUT2D eigenvalue weighted by atomic mass is 16.3. The molecule has 18 rings (SSSR count). The van der Waals surface area contributed by atoms with E-state index in [9.17, 15) is 0 Å². The SMILES string of the molecule is c1ccc(-c2nc(-c3ccccc3)nc(-c3nc4c5oc6ccccc6c5c5ccccc5c4c4ccccc34)n2)cc1.c1ccc(-c2nc(-c3nc4c5oc6ccccc6c5c5ccccc5c4c4ccccc34)nc3ccccc23)cc1. The maximum absolute atomic E-state index is 6.58. The lowest BCUT2D eigenvalue weighted by Crippen LogP contribution is -2.02. The Hall–Kier alpha value is -11.6. The van der Waals surface area contributed by atoms with Crippen LogP contribution in [0.15, 0.2) is 270 Å². The van der Waals surface area contributed by atoms with Gasteiger partial charge in [-0.1, -0.05) is 243 Å². The van der Waals surface area contributed by atoms with Gasteiger partial charge >= 0.3 is 0 Å². The second kappa shape index (κ2) is 19.0. The number of pyridine rings is 2. The van der Waals surface area contributed by atoms with Gasteiger partial charge < -0.3 is 8.83 Å². The van der Waals surface area contributed by atoms with Gasteiger partial charge in [0, 0.05) is 65.2 Å². The molecule has 0 bridgehead atoms. The van der Waals surface area contributed by atoms with Crippen molar-refractivity contribution in [1.82, 2.24) is 34.9 Å². The normalized spacial score (nSPS) is 11.8. The first-order valence-electron chi connectivity index (χ1n) is 28.0. The molecule has 0 spiro atoms. The minimum atomic E-state index is 0.517. The second-order valence-electron chi connectivity index (χ2n) is 21.0. The lowest BCUT2D eigenvalue weighted by molar-refractivity contribution is 0.671. The number of nitrogens with zero attached hydrogens (tertiary/aromatic N) is 7. The molecule has 0 radical (unpaired) electrons. The van der Waals surface area contributed by atoms with Crippen molar-refractivity contribution in [2.24, 2.45) is 0 Å².